The molecule has 0 saturated carbocycles. The highest BCUT2D eigenvalue weighted by Gasteiger charge is 2.17. The summed E-state index contributed by atoms with van der Waals surface area (Å²) in [6, 6.07) is 9.27. The van der Waals surface area contributed by atoms with E-state index in [-0.39, 0.29) is 5.78 Å². The molecule has 1 aromatic carbocycles. The summed E-state index contributed by atoms with van der Waals surface area (Å²) < 4.78 is 0. The number of hydrogen-bond acceptors (Lipinski definition) is 3. The molecule has 1 aliphatic heterocycles. The van der Waals surface area contributed by atoms with E-state index in [0.29, 0.717) is 11.3 Å². The van der Waals surface area contributed by atoms with E-state index < -0.39 is 0 Å². The number of carbonyl (C=O) groups excluding carboxylic acids is 1. The summed E-state index contributed by atoms with van der Waals surface area (Å²) in [6.07, 6.45) is 7.29. The third-order valence-corrected chi connectivity index (χ3v) is 5.49. The molecule has 2 N–H and O–H groups in total. The van der Waals surface area contributed by atoms with Crippen molar-refractivity contribution in [3.05, 3.63) is 57.3 Å². The van der Waals surface area contributed by atoms with Gasteiger partial charge in [0.05, 0.1) is 13.1 Å². The normalized spacial score (nSPS) is 15.9. The molecule has 126 valence electrons. The van der Waals surface area contributed by atoms with Gasteiger partial charge in [0, 0.05) is 20.9 Å². The van der Waals surface area contributed by atoms with Crippen molar-refractivity contribution >= 4 is 23.2 Å². The first kappa shape index (κ1) is 16.9. The summed E-state index contributed by atoms with van der Waals surface area (Å²) in [5.41, 5.74) is 1.52. The molecule has 3 rings (SSSR count). The number of phenolic OH excluding ortho intramolecular Hbond substituents is 1. The fourth-order valence-corrected chi connectivity index (χ4v) is 3.96. The van der Waals surface area contributed by atoms with Crippen LogP contribution in [0.4, 0.5) is 0 Å². The van der Waals surface area contributed by atoms with Gasteiger partial charge in [0.2, 0.25) is 0 Å². The topological polar surface area (TPSA) is 41.7 Å². The Kier molecular flexibility index (Phi) is 5.48. The summed E-state index contributed by atoms with van der Waals surface area (Å²) in [5.74, 6) is 0.276. The number of likely N-dealkylation sites (tertiary alicyclic amines) is 1. The standard InChI is InChI=1S/C20H23NO2S/c1-15-5-7-18(24-15)8-10-19(22)16-6-9-20(23)17(13-16)14-21-11-3-2-4-12-21/h5-10,13,23H,2-4,11-12,14H2,1H3/p+1/b10-8+. The van der Waals surface area contributed by atoms with Crippen LogP contribution < -0.4 is 4.90 Å². The fraction of sp³-hybridized carbons (Fsp3) is 0.350. The number of carbonyl (C=O) groups is 1. The van der Waals surface area contributed by atoms with Crippen LogP contribution in [0.5, 0.6) is 5.75 Å². The average molecular weight is 342 g/mol. The van der Waals surface area contributed by atoms with Gasteiger partial charge in [0.25, 0.3) is 0 Å². The van der Waals surface area contributed by atoms with Crippen molar-refractivity contribution in [1.82, 2.24) is 0 Å². The van der Waals surface area contributed by atoms with E-state index in [2.05, 4.69) is 13.0 Å². The quantitative estimate of drug-likeness (QED) is 0.647. The van der Waals surface area contributed by atoms with Gasteiger partial charge < -0.3 is 10.0 Å². The second-order valence-electron chi connectivity index (χ2n) is 6.48. The Balaban J connectivity index is 1.72. The minimum Gasteiger partial charge on any atom is -0.507 e. The van der Waals surface area contributed by atoms with Crippen molar-refractivity contribution < 1.29 is 14.8 Å². The van der Waals surface area contributed by atoms with Crippen LogP contribution in [-0.4, -0.2) is 24.0 Å². The summed E-state index contributed by atoms with van der Waals surface area (Å²) in [4.78, 5) is 16.2. The molecule has 2 heterocycles. The largest absolute Gasteiger partial charge is 0.507 e. The number of phenols is 1. The number of rotatable bonds is 5. The third kappa shape index (κ3) is 4.34. The first-order valence-electron chi connectivity index (χ1n) is 8.56. The maximum atomic E-state index is 12.4. The number of benzene rings is 1. The molecule has 0 bridgehead atoms. The second-order valence-corrected chi connectivity index (χ2v) is 7.80. The Bertz CT molecular complexity index is 742. The fourth-order valence-electron chi connectivity index (χ4n) is 3.18. The number of hydrogen-bond donors (Lipinski definition) is 2. The number of aryl methyl sites for hydroxylation is 1. The first-order chi connectivity index (χ1) is 11.6. The van der Waals surface area contributed by atoms with Gasteiger partial charge >= 0.3 is 0 Å². The number of piperidine rings is 1. The molecular formula is C20H24NO2S+. The van der Waals surface area contributed by atoms with Gasteiger partial charge in [-0.3, -0.25) is 4.79 Å². The molecule has 0 atom stereocenters. The lowest BCUT2D eigenvalue weighted by atomic mass is 10.0. The molecule has 0 spiro atoms. The summed E-state index contributed by atoms with van der Waals surface area (Å²) in [7, 11) is 0. The highest BCUT2D eigenvalue weighted by molar-refractivity contribution is 7.12. The van der Waals surface area contributed by atoms with Gasteiger partial charge in [-0.05, 0) is 68.7 Å². The summed E-state index contributed by atoms with van der Waals surface area (Å²) in [6.45, 7) is 5.14. The van der Waals surface area contributed by atoms with Crippen LogP contribution in [0.1, 0.15) is 44.9 Å². The van der Waals surface area contributed by atoms with Gasteiger partial charge in [-0.1, -0.05) is 0 Å². The number of nitrogens with one attached hydrogen (secondary N) is 1. The van der Waals surface area contributed by atoms with E-state index in [1.807, 2.05) is 18.2 Å². The van der Waals surface area contributed by atoms with E-state index >= 15 is 0 Å². The van der Waals surface area contributed by atoms with Gasteiger partial charge in [-0.2, -0.15) is 0 Å². The summed E-state index contributed by atoms with van der Waals surface area (Å²) >= 11 is 1.67. The lowest BCUT2D eigenvalue weighted by Gasteiger charge is -2.23. The zero-order valence-electron chi connectivity index (χ0n) is 14.0. The summed E-state index contributed by atoms with van der Waals surface area (Å²) in [5, 5.41) is 10.1. The molecule has 1 aromatic heterocycles. The van der Waals surface area contributed by atoms with Gasteiger partial charge in [-0.15, -0.1) is 11.3 Å². The molecule has 24 heavy (non-hydrogen) atoms. The maximum absolute atomic E-state index is 12.4. The van der Waals surface area contributed by atoms with Crippen molar-refractivity contribution in [3.8, 4) is 5.75 Å². The number of thiophene rings is 1. The van der Waals surface area contributed by atoms with Gasteiger partial charge in [-0.25, -0.2) is 0 Å². The Morgan fingerprint density at radius 3 is 2.71 bits per heavy atom. The van der Waals surface area contributed by atoms with E-state index in [1.165, 1.54) is 29.0 Å². The molecule has 0 radical (unpaired) electrons. The van der Waals surface area contributed by atoms with Crippen LogP contribution in [0.15, 0.2) is 36.4 Å². The molecule has 4 heteroatoms. The number of quaternary nitrogens is 1. The average Bonchev–Trinajstić information content (AvgIpc) is 3.01. The first-order valence-corrected chi connectivity index (χ1v) is 9.38. The Labute approximate surface area is 147 Å². The predicted molar refractivity (Wildman–Crippen MR) is 98.8 cm³/mol. The minimum atomic E-state index is -0.0176. The number of aromatic hydroxyl groups is 1. The molecule has 0 aliphatic carbocycles. The molecule has 1 aliphatic rings. The van der Waals surface area contributed by atoms with Crippen LogP contribution in [0, 0.1) is 6.92 Å². The lowest BCUT2D eigenvalue weighted by molar-refractivity contribution is -0.918. The van der Waals surface area contributed by atoms with E-state index in [1.54, 1.807) is 29.5 Å². The number of allylic oxidation sites excluding steroid dienone is 1. The Morgan fingerprint density at radius 1 is 1.21 bits per heavy atom. The van der Waals surface area contributed by atoms with Crippen LogP contribution in [0.25, 0.3) is 6.08 Å². The van der Waals surface area contributed by atoms with E-state index in [9.17, 15) is 9.90 Å². The molecule has 1 fully saturated rings. The molecule has 2 aromatic rings. The molecule has 1 saturated heterocycles. The molecule has 3 nitrogen and oxygen atoms in total. The second kappa shape index (κ2) is 7.77. The highest BCUT2D eigenvalue weighted by atomic mass is 32.1. The smallest absolute Gasteiger partial charge is 0.185 e. The monoisotopic (exact) mass is 342 g/mol. The zero-order chi connectivity index (χ0) is 16.9. The molecular weight excluding hydrogens is 318 g/mol. The van der Waals surface area contributed by atoms with Crippen molar-refractivity contribution in [1.29, 1.82) is 0 Å². The van der Waals surface area contributed by atoms with Crippen molar-refractivity contribution in [2.24, 2.45) is 0 Å². The molecule has 0 amide bonds. The lowest BCUT2D eigenvalue weighted by Crippen LogP contribution is -3.11. The van der Waals surface area contributed by atoms with Crippen LogP contribution >= 0.6 is 11.3 Å². The molecule has 0 unspecified atom stereocenters. The third-order valence-electron chi connectivity index (χ3n) is 4.53. The van der Waals surface area contributed by atoms with Crippen molar-refractivity contribution in [3.63, 3.8) is 0 Å². The maximum Gasteiger partial charge on any atom is 0.185 e. The number of ketones is 1. The van der Waals surface area contributed by atoms with E-state index in [0.717, 1.165) is 30.1 Å². The highest BCUT2D eigenvalue weighted by Crippen LogP contribution is 2.20. The van der Waals surface area contributed by atoms with Crippen molar-refractivity contribution in [2.45, 2.75) is 32.7 Å². The Morgan fingerprint density at radius 2 is 2.00 bits per heavy atom. The van der Waals surface area contributed by atoms with Crippen molar-refractivity contribution in [2.75, 3.05) is 13.1 Å². The minimum absolute atomic E-state index is 0.0176. The van der Waals surface area contributed by atoms with Gasteiger partial charge in [0.15, 0.2) is 5.78 Å². The van der Waals surface area contributed by atoms with E-state index in [4.69, 9.17) is 0 Å². The SMILES string of the molecule is Cc1ccc(/C=C/C(=O)c2ccc(O)c(C[NH+]3CCCCC3)c2)s1. The predicted octanol–water partition coefficient (Wildman–Crippen LogP) is 3.23. The van der Waals surface area contributed by atoms with Crippen LogP contribution in [0.3, 0.4) is 0 Å². The van der Waals surface area contributed by atoms with Gasteiger partial charge in [0.1, 0.15) is 12.3 Å². The van der Waals surface area contributed by atoms with Crippen LogP contribution in [0.2, 0.25) is 0 Å². The van der Waals surface area contributed by atoms with Crippen LogP contribution in [-0.2, 0) is 6.54 Å². The zero-order valence-corrected chi connectivity index (χ0v) is 14.9. The Hall–Kier alpha value is -1.91.